The van der Waals surface area contributed by atoms with E-state index in [0.29, 0.717) is 38.2 Å². The van der Waals surface area contributed by atoms with Crippen LogP contribution in [0, 0.1) is 0 Å². The zero-order valence-corrected chi connectivity index (χ0v) is 15.9. The minimum absolute atomic E-state index is 0.254. The molecule has 1 amide bonds. The van der Waals surface area contributed by atoms with Gasteiger partial charge in [0.2, 0.25) is 0 Å². The molecular formula is C18H29F2N3O2. The standard InChI is InChI=1S/C18H29F2N3O2/c1-6-15(23-11-18(19,20)12-23)21-14-8-10-22(9-7-13(14)2)16(24)25-17(3,4)5/h6-12H2,1-5H3. The number of ether oxygens (including phenoxy) is 1. The van der Waals surface area contributed by atoms with Gasteiger partial charge < -0.3 is 14.5 Å². The number of rotatable bonds is 2. The number of halogens is 2. The Labute approximate surface area is 148 Å². The molecule has 7 heteroatoms. The molecule has 0 radical (unpaired) electrons. The maximum atomic E-state index is 13.1. The SMILES string of the molecule is CCC(=NC1=C(C)CCN(C(=O)OC(C)(C)C)CC1)N1CC(F)(F)C1. The van der Waals surface area contributed by atoms with E-state index in [9.17, 15) is 13.6 Å². The second-order valence-electron chi connectivity index (χ2n) is 7.79. The van der Waals surface area contributed by atoms with Crippen LogP contribution in [0.25, 0.3) is 0 Å². The minimum atomic E-state index is -2.60. The zero-order chi connectivity index (χ0) is 18.8. The van der Waals surface area contributed by atoms with Gasteiger partial charge in [0.1, 0.15) is 11.4 Å². The summed E-state index contributed by atoms with van der Waals surface area (Å²) in [4.78, 5) is 20.2. The molecule has 2 aliphatic heterocycles. The molecule has 2 rings (SSSR count). The van der Waals surface area contributed by atoms with Crippen molar-refractivity contribution >= 4 is 11.9 Å². The molecule has 2 aliphatic rings. The third-order valence-corrected chi connectivity index (χ3v) is 4.31. The Balaban J connectivity index is 2.02. The lowest BCUT2D eigenvalue weighted by atomic mass is 10.1. The molecule has 0 aromatic rings. The van der Waals surface area contributed by atoms with Gasteiger partial charge in [0.05, 0.1) is 13.1 Å². The molecule has 0 spiro atoms. The van der Waals surface area contributed by atoms with Crippen LogP contribution in [0.4, 0.5) is 13.6 Å². The third kappa shape index (κ3) is 5.41. The molecule has 142 valence electrons. The van der Waals surface area contributed by atoms with E-state index in [1.807, 2.05) is 34.6 Å². The average molecular weight is 357 g/mol. The Morgan fingerprint density at radius 2 is 1.80 bits per heavy atom. The Bertz CT molecular complexity index is 571. The van der Waals surface area contributed by atoms with Gasteiger partial charge >= 0.3 is 6.09 Å². The van der Waals surface area contributed by atoms with Crippen LogP contribution >= 0.6 is 0 Å². The second kappa shape index (κ2) is 7.30. The number of nitrogens with zero attached hydrogens (tertiary/aromatic N) is 3. The van der Waals surface area contributed by atoms with Crippen LogP contribution in [0.2, 0.25) is 0 Å². The fourth-order valence-electron chi connectivity index (χ4n) is 2.90. The summed E-state index contributed by atoms with van der Waals surface area (Å²) < 4.78 is 31.7. The summed E-state index contributed by atoms with van der Waals surface area (Å²) in [5, 5.41) is 0. The Kier molecular flexibility index (Phi) is 5.74. The molecular weight excluding hydrogens is 328 g/mol. The van der Waals surface area contributed by atoms with Crippen molar-refractivity contribution in [1.82, 2.24) is 9.80 Å². The summed E-state index contributed by atoms with van der Waals surface area (Å²) in [5.41, 5.74) is 1.48. The maximum absolute atomic E-state index is 13.1. The van der Waals surface area contributed by atoms with E-state index in [2.05, 4.69) is 4.99 Å². The number of carbonyl (C=O) groups excluding carboxylic acids is 1. The van der Waals surface area contributed by atoms with Crippen molar-refractivity contribution in [2.45, 2.75) is 65.4 Å². The smallest absolute Gasteiger partial charge is 0.410 e. The summed E-state index contributed by atoms with van der Waals surface area (Å²) in [6.07, 6.45) is 1.62. The molecule has 2 heterocycles. The summed E-state index contributed by atoms with van der Waals surface area (Å²) in [5.74, 6) is -1.90. The number of amides is 1. The Morgan fingerprint density at radius 3 is 2.32 bits per heavy atom. The van der Waals surface area contributed by atoms with Crippen molar-refractivity contribution in [3.63, 3.8) is 0 Å². The van der Waals surface area contributed by atoms with Crippen LogP contribution in [-0.4, -0.2) is 59.4 Å². The van der Waals surface area contributed by atoms with E-state index in [1.54, 1.807) is 9.80 Å². The number of hydrogen-bond donors (Lipinski definition) is 0. The zero-order valence-electron chi connectivity index (χ0n) is 15.9. The molecule has 1 fully saturated rings. The molecule has 0 unspecified atom stereocenters. The summed E-state index contributed by atoms with van der Waals surface area (Å²) in [6, 6.07) is 0. The second-order valence-corrected chi connectivity index (χ2v) is 7.79. The molecule has 0 saturated carbocycles. The van der Waals surface area contributed by atoms with Gasteiger partial charge in [-0.3, -0.25) is 0 Å². The fraction of sp³-hybridized carbons (Fsp3) is 0.778. The normalized spacial score (nSPS) is 21.8. The van der Waals surface area contributed by atoms with E-state index in [0.717, 1.165) is 11.3 Å². The van der Waals surface area contributed by atoms with Crippen LogP contribution in [0.5, 0.6) is 0 Å². The molecule has 0 bridgehead atoms. The largest absolute Gasteiger partial charge is 0.444 e. The molecule has 25 heavy (non-hydrogen) atoms. The first kappa shape index (κ1) is 19.7. The van der Waals surface area contributed by atoms with Crippen LogP contribution in [-0.2, 0) is 4.74 Å². The third-order valence-electron chi connectivity index (χ3n) is 4.31. The molecule has 0 aromatic carbocycles. The lowest BCUT2D eigenvalue weighted by molar-refractivity contribution is -0.102. The van der Waals surface area contributed by atoms with Crippen molar-refractivity contribution in [3.8, 4) is 0 Å². The van der Waals surface area contributed by atoms with Crippen LogP contribution in [0.15, 0.2) is 16.3 Å². The Hall–Kier alpha value is -1.66. The Morgan fingerprint density at radius 1 is 1.20 bits per heavy atom. The first-order chi connectivity index (χ1) is 11.5. The predicted octanol–water partition coefficient (Wildman–Crippen LogP) is 4.05. The minimum Gasteiger partial charge on any atom is -0.444 e. The first-order valence-corrected chi connectivity index (χ1v) is 8.87. The van der Waals surface area contributed by atoms with E-state index in [4.69, 9.17) is 4.74 Å². The van der Waals surface area contributed by atoms with Crippen molar-refractivity contribution in [2.75, 3.05) is 26.2 Å². The monoisotopic (exact) mass is 357 g/mol. The lowest BCUT2D eigenvalue weighted by Gasteiger charge is -2.40. The number of aliphatic imine (C=N–C) groups is 1. The highest BCUT2D eigenvalue weighted by Gasteiger charge is 2.44. The number of carbonyl (C=O) groups is 1. The quantitative estimate of drug-likeness (QED) is 0.553. The average Bonchev–Trinajstić information content (AvgIpc) is 2.63. The van der Waals surface area contributed by atoms with Gasteiger partial charge in [-0.05, 0) is 39.7 Å². The number of likely N-dealkylation sites (tertiary alicyclic amines) is 1. The topological polar surface area (TPSA) is 45.1 Å². The highest BCUT2D eigenvalue weighted by atomic mass is 19.3. The van der Waals surface area contributed by atoms with Crippen molar-refractivity contribution in [1.29, 1.82) is 0 Å². The van der Waals surface area contributed by atoms with Gasteiger partial charge in [0.25, 0.3) is 5.92 Å². The lowest BCUT2D eigenvalue weighted by Crippen LogP contribution is -2.58. The van der Waals surface area contributed by atoms with E-state index >= 15 is 0 Å². The van der Waals surface area contributed by atoms with Crippen molar-refractivity contribution in [3.05, 3.63) is 11.3 Å². The maximum Gasteiger partial charge on any atom is 0.410 e. The van der Waals surface area contributed by atoms with E-state index in [1.165, 1.54) is 0 Å². The predicted molar refractivity (Wildman–Crippen MR) is 94.0 cm³/mol. The molecule has 1 saturated heterocycles. The van der Waals surface area contributed by atoms with Crippen molar-refractivity contribution < 1.29 is 18.3 Å². The first-order valence-electron chi connectivity index (χ1n) is 8.87. The molecule has 0 atom stereocenters. The summed E-state index contributed by atoms with van der Waals surface area (Å²) >= 11 is 0. The van der Waals surface area contributed by atoms with Crippen LogP contribution in [0.1, 0.15) is 53.9 Å². The highest BCUT2D eigenvalue weighted by Crippen LogP contribution is 2.29. The van der Waals surface area contributed by atoms with Gasteiger partial charge in [-0.2, -0.15) is 0 Å². The number of hydrogen-bond acceptors (Lipinski definition) is 3. The molecule has 0 N–H and O–H groups in total. The van der Waals surface area contributed by atoms with Gasteiger partial charge in [-0.1, -0.05) is 6.92 Å². The van der Waals surface area contributed by atoms with E-state index < -0.39 is 11.5 Å². The van der Waals surface area contributed by atoms with Gasteiger partial charge in [-0.25, -0.2) is 18.6 Å². The van der Waals surface area contributed by atoms with Crippen molar-refractivity contribution in [2.24, 2.45) is 4.99 Å². The summed E-state index contributed by atoms with van der Waals surface area (Å²) in [6.45, 7) is 10.1. The van der Waals surface area contributed by atoms with E-state index in [-0.39, 0.29) is 19.2 Å². The van der Waals surface area contributed by atoms with Crippen LogP contribution in [0.3, 0.4) is 0 Å². The fourth-order valence-corrected chi connectivity index (χ4v) is 2.90. The number of alkyl halides is 2. The molecule has 0 aliphatic carbocycles. The van der Waals surface area contributed by atoms with Gasteiger partial charge in [0.15, 0.2) is 0 Å². The van der Waals surface area contributed by atoms with Gasteiger partial charge in [0, 0.05) is 31.6 Å². The van der Waals surface area contributed by atoms with Gasteiger partial charge in [-0.15, -0.1) is 0 Å². The highest BCUT2D eigenvalue weighted by molar-refractivity contribution is 5.84. The van der Waals surface area contributed by atoms with Crippen LogP contribution < -0.4 is 0 Å². The molecule has 0 aromatic heterocycles. The molecule has 5 nitrogen and oxygen atoms in total. The number of amidine groups is 1. The summed E-state index contributed by atoms with van der Waals surface area (Å²) in [7, 11) is 0.